The van der Waals surface area contributed by atoms with E-state index in [1.165, 1.54) is 0 Å². The van der Waals surface area contributed by atoms with Crippen molar-refractivity contribution in [2.75, 3.05) is 6.61 Å². The minimum atomic E-state index is -0.177. The number of carbonyl (C=O) groups is 1. The van der Waals surface area contributed by atoms with E-state index in [4.69, 9.17) is 4.74 Å². The molecular weight excluding hydrogens is 300 g/mol. The molecule has 4 nitrogen and oxygen atoms in total. The quantitative estimate of drug-likeness (QED) is 0.882. The van der Waals surface area contributed by atoms with E-state index in [0.29, 0.717) is 0 Å². The summed E-state index contributed by atoms with van der Waals surface area (Å²) in [5.41, 5.74) is 2.12. The molecule has 2 atom stereocenters. The molecule has 4 heteroatoms. The Morgan fingerprint density at radius 1 is 1.00 bits per heavy atom. The summed E-state index contributed by atoms with van der Waals surface area (Å²) in [5, 5.41) is 6.12. The van der Waals surface area contributed by atoms with Crippen molar-refractivity contribution >= 4 is 6.03 Å². The third kappa shape index (κ3) is 4.15. The van der Waals surface area contributed by atoms with Gasteiger partial charge in [-0.2, -0.15) is 0 Å². The van der Waals surface area contributed by atoms with Crippen LogP contribution in [0.15, 0.2) is 60.7 Å². The van der Waals surface area contributed by atoms with Crippen LogP contribution in [0.2, 0.25) is 0 Å². The van der Waals surface area contributed by atoms with E-state index in [0.717, 1.165) is 30.6 Å². The normalized spacial score (nSPS) is 18.3. The van der Waals surface area contributed by atoms with Gasteiger partial charge in [0.25, 0.3) is 0 Å². The first-order chi connectivity index (χ1) is 11.7. The van der Waals surface area contributed by atoms with Gasteiger partial charge in [-0.15, -0.1) is 0 Å². The lowest BCUT2D eigenvalue weighted by Gasteiger charge is -2.24. The number of benzene rings is 2. The highest BCUT2D eigenvalue weighted by atomic mass is 16.5. The lowest BCUT2D eigenvalue weighted by molar-refractivity contribution is 0.0859. The predicted molar refractivity (Wildman–Crippen MR) is 94.8 cm³/mol. The maximum Gasteiger partial charge on any atom is 0.315 e. The molecule has 126 valence electrons. The summed E-state index contributed by atoms with van der Waals surface area (Å²) in [4.78, 5) is 12.5. The first kappa shape index (κ1) is 16.5. The van der Waals surface area contributed by atoms with Gasteiger partial charge in [0, 0.05) is 6.61 Å². The van der Waals surface area contributed by atoms with Crippen LogP contribution in [0.1, 0.15) is 36.9 Å². The van der Waals surface area contributed by atoms with Crippen LogP contribution in [-0.4, -0.2) is 24.8 Å². The van der Waals surface area contributed by atoms with Gasteiger partial charge in [0.1, 0.15) is 0 Å². The van der Waals surface area contributed by atoms with Crippen molar-refractivity contribution in [3.05, 3.63) is 71.8 Å². The highest BCUT2D eigenvalue weighted by Gasteiger charge is 2.24. The Balaban J connectivity index is 1.71. The molecule has 2 N–H and O–H groups in total. The molecule has 0 aliphatic carbocycles. The van der Waals surface area contributed by atoms with Crippen molar-refractivity contribution in [1.29, 1.82) is 0 Å². The van der Waals surface area contributed by atoms with Gasteiger partial charge in [-0.05, 0) is 30.9 Å². The van der Waals surface area contributed by atoms with Crippen molar-refractivity contribution in [3.8, 4) is 0 Å². The largest absolute Gasteiger partial charge is 0.376 e. The van der Waals surface area contributed by atoms with Gasteiger partial charge in [0.05, 0.1) is 18.2 Å². The SMILES string of the molecule is CC(NC(=O)NC(c1ccccc1)c1ccccc1)C1CCCO1. The Kier molecular flexibility index (Phi) is 5.49. The molecule has 1 heterocycles. The molecule has 0 saturated carbocycles. The molecule has 2 amide bonds. The third-order valence-electron chi connectivity index (χ3n) is 4.42. The summed E-state index contributed by atoms with van der Waals surface area (Å²) in [6.45, 7) is 2.78. The monoisotopic (exact) mass is 324 g/mol. The predicted octanol–water partition coefficient (Wildman–Crippen LogP) is 3.64. The van der Waals surface area contributed by atoms with Crippen LogP contribution in [0.5, 0.6) is 0 Å². The number of ether oxygens (including phenoxy) is 1. The van der Waals surface area contributed by atoms with Crippen LogP contribution in [0.3, 0.4) is 0 Å². The second-order valence-electron chi connectivity index (χ2n) is 6.21. The summed E-state index contributed by atoms with van der Waals surface area (Å²) in [5.74, 6) is 0. The van der Waals surface area contributed by atoms with Gasteiger partial charge >= 0.3 is 6.03 Å². The first-order valence-electron chi connectivity index (χ1n) is 8.52. The van der Waals surface area contributed by atoms with Gasteiger partial charge in [0.15, 0.2) is 0 Å². The molecule has 2 aromatic carbocycles. The Labute approximate surface area is 143 Å². The van der Waals surface area contributed by atoms with E-state index < -0.39 is 0 Å². The third-order valence-corrected chi connectivity index (χ3v) is 4.42. The van der Waals surface area contributed by atoms with E-state index in [2.05, 4.69) is 10.6 Å². The number of amides is 2. The minimum absolute atomic E-state index is 0.000281. The van der Waals surface area contributed by atoms with E-state index in [9.17, 15) is 4.79 Å². The average Bonchev–Trinajstić information content (AvgIpc) is 3.16. The molecule has 1 aliphatic heterocycles. The number of rotatable bonds is 5. The smallest absolute Gasteiger partial charge is 0.315 e. The minimum Gasteiger partial charge on any atom is -0.376 e. The summed E-state index contributed by atoms with van der Waals surface area (Å²) in [6, 6.07) is 19.7. The van der Waals surface area contributed by atoms with Crippen LogP contribution in [0.4, 0.5) is 4.79 Å². The van der Waals surface area contributed by atoms with Gasteiger partial charge < -0.3 is 15.4 Å². The van der Waals surface area contributed by atoms with Gasteiger partial charge in [0.2, 0.25) is 0 Å². The zero-order valence-corrected chi connectivity index (χ0v) is 13.9. The molecule has 2 unspecified atom stereocenters. The summed E-state index contributed by atoms with van der Waals surface area (Å²) < 4.78 is 5.65. The fourth-order valence-corrected chi connectivity index (χ4v) is 3.12. The molecule has 0 radical (unpaired) electrons. The van der Waals surface area contributed by atoms with Crippen LogP contribution >= 0.6 is 0 Å². The van der Waals surface area contributed by atoms with Crippen molar-refractivity contribution < 1.29 is 9.53 Å². The van der Waals surface area contributed by atoms with E-state index >= 15 is 0 Å². The van der Waals surface area contributed by atoms with Crippen LogP contribution in [0.25, 0.3) is 0 Å². The van der Waals surface area contributed by atoms with E-state index in [1.807, 2.05) is 67.6 Å². The molecule has 0 aromatic heterocycles. The zero-order chi connectivity index (χ0) is 16.8. The molecule has 1 aliphatic rings. The van der Waals surface area contributed by atoms with Crippen LogP contribution in [0, 0.1) is 0 Å². The molecule has 2 aromatic rings. The number of hydrogen-bond donors (Lipinski definition) is 2. The topological polar surface area (TPSA) is 50.4 Å². The lowest BCUT2D eigenvalue weighted by Crippen LogP contribution is -2.47. The molecule has 0 bridgehead atoms. The molecule has 1 fully saturated rings. The Morgan fingerprint density at radius 3 is 2.08 bits per heavy atom. The molecule has 3 rings (SSSR count). The fraction of sp³-hybridized carbons (Fsp3) is 0.350. The first-order valence-corrected chi connectivity index (χ1v) is 8.52. The van der Waals surface area contributed by atoms with Gasteiger partial charge in [-0.3, -0.25) is 0 Å². The number of urea groups is 1. The van der Waals surface area contributed by atoms with Gasteiger partial charge in [-0.1, -0.05) is 60.7 Å². The summed E-state index contributed by atoms with van der Waals surface area (Å²) in [6.07, 6.45) is 2.18. The van der Waals surface area contributed by atoms with E-state index in [1.54, 1.807) is 0 Å². The van der Waals surface area contributed by atoms with Crippen LogP contribution in [-0.2, 0) is 4.74 Å². The van der Waals surface area contributed by atoms with Crippen molar-refractivity contribution in [1.82, 2.24) is 10.6 Å². The Morgan fingerprint density at radius 2 is 1.58 bits per heavy atom. The maximum absolute atomic E-state index is 12.5. The maximum atomic E-state index is 12.5. The lowest BCUT2D eigenvalue weighted by atomic mass is 9.99. The van der Waals surface area contributed by atoms with Crippen molar-refractivity contribution in [2.24, 2.45) is 0 Å². The molecule has 24 heavy (non-hydrogen) atoms. The zero-order valence-electron chi connectivity index (χ0n) is 13.9. The summed E-state index contributed by atoms with van der Waals surface area (Å²) >= 11 is 0. The fourth-order valence-electron chi connectivity index (χ4n) is 3.12. The van der Waals surface area contributed by atoms with Crippen molar-refractivity contribution in [3.63, 3.8) is 0 Å². The second kappa shape index (κ2) is 7.97. The Hall–Kier alpha value is -2.33. The molecule has 1 saturated heterocycles. The molecular formula is C20H24N2O2. The van der Waals surface area contributed by atoms with Gasteiger partial charge in [-0.25, -0.2) is 4.79 Å². The van der Waals surface area contributed by atoms with Crippen molar-refractivity contribution in [2.45, 2.75) is 38.0 Å². The highest BCUT2D eigenvalue weighted by Crippen LogP contribution is 2.22. The number of nitrogens with one attached hydrogen (secondary N) is 2. The summed E-state index contributed by atoms with van der Waals surface area (Å²) in [7, 11) is 0. The van der Waals surface area contributed by atoms with E-state index in [-0.39, 0.29) is 24.2 Å². The Bertz CT molecular complexity index is 600. The number of hydrogen-bond acceptors (Lipinski definition) is 2. The molecule has 0 spiro atoms. The number of carbonyl (C=O) groups excluding carboxylic acids is 1. The highest BCUT2D eigenvalue weighted by molar-refractivity contribution is 5.75. The standard InChI is InChI=1S/C20H24N2O2/c1-15(18-13-8-14-24-18)21-20(23)22-19(16-9-4-2-5-10-16)17-11-6-3-7-12-17/h2-7,9-12,15,18-19H,8,13-14H2,1H3,(H2,21,22,23). The second-order valence-corrected chi connectivity index (χ2v) is 6.21. The van der Waals surface area contributed by atoms with Crippen LogP contribution < -0.4 is 10.6 Å². The average molecular weight is 324 g/mol.